The first-order chi connectivity index (χ1) is 13.9. The average molecular weight is 410 g/mol. The zero-order chi connectivity index (χ0) is 21.0. The summed E-state index contributed by atoms with van der Waals surface area (Å²) >= 11 is 1.33. The van der Waals surface area contributed by atoms with Crippen LogP contribution in [0, 0.1) is 13.8 Å². The third-order valence-corrected chi connectivity index (χ3v) is 5.23. The molecule has 0 unspecified atom stereocenters. The van der Waals surface area contributed by atoms with Crippen LogP contribution in [0.1, 0.15) is 21.7 Å². The van der Waals surface area contributed by atoms with E-state index in [0.717, 1.165) is 17.1 Å². The van der Waals surface area contributed by atoms with Crippen LogP contribution in [0.3, 0.4) is 0 Å². The molecule has 1 heterocycles. The Morgan fingerprint density at radius 3 is 2.38 bits per heavy atom. The van der Waals surface area contributed by atoms with E-state index in [1.807, 2.05) is 42.7 Å². The maximum absolute atomic E-state index is 12.4. The molecule has 0 saturated heterocycles. The molecular formula is C21H23N5O2S. The Hall–Kier alpha value is -3.13. The fraction of sp³-hybridized carbons (Fsp3) is 0.238. The van der Waals surface area contributed by atoms with Gasteiger partial charge in [-0.3, -0.25) is 14.2 Å². The van der Waals surface area contributed by atoms with Crippen molar-refractivity contribution in [1.29, 1.82) is 0 Å². The molecule has 0 saturated carbocycles. The van der Waals surface area contributed by atoms with Crippen LogP contribution >= 0.6 is 11.8 Å². The molecular weight excluding hydrogens is 386 g/mol. The third kappa shape index (κ3) is 4.83. The predicted molar refractivity (Wildman–Crippen MR) is 115 cm³/mol. The maximum Gasteiger partial charge on any atom is 0.253 e. The summed E-state index contributed by atoms with van der Waals surface area (Å²) in [6, 6.07) is 14.8. The number of benzene rings is 2. The lowest BCUT2D eigenvalue weighted by Gasteiger charge is -2.12. The van der Waals surface area contributed by atoms with Crippen molar-refractivity contribution >= 4 is 29.3 Å². The summed E-state index contributed by atoms with van der Waals surface area (Å²) in [5, 5.41) is 11.9. The molecule has 0 atom stereocenters. The monoisotopic (exact) mass is 409 g/mol. The fourth-order valence-electron chi connectivity index (χ4n) is 2.81. The van der Waals surface area contributed by atoms with Gasteiger partial charge in [0.2, 0.25) is 5.91 Å². The highest BCUT2D eigenvalue weighted by Crippen LogP contribution is 2.24. The molecule has 1 N–H and O–H groups in total. The van der Waals surface area contributed by atoms with Gasteiger partial charge < -0.3 is 10.2 Å². The highest BCUT2D eigenvalue weighted by Gasteiger charge is 2.15. The van der Waals surface area contributed by atoms with Gasteiger partial charge in [-0.2, -0.15) is 0 Å². The molecule has 8 heteroatoms. The summed E-state index contributed by atoms with van der Waals surface area (Å²) in [6.45, 7) is 3.92. The molecule has 3 aromatic rings. The van der Waals surface area contributed by atoms with Crippen LogP contribution in [-0.4, -0.2) is 51.3 Å². The van der Waals surface area contributed by atoms with E-state index in [0.29, 0.717) is 16.4 Å². The number of carbonyl (C=O) groups excluding carboxylic acids is 2. The van der Waals surface area contributed by atoms with Gasteiger partial charge >= 0.3 is 0 Å². The van der Waals surface area contributed by atoms with E-state index in [-0.39, 0.29) is 17.6 Å². The molecule has 29 heavy (non-hydrogen) atoms. The first-order valence-electron chi connectivity index (χ1n) is 9.09. The summed E-state index contributed by atoms with van der Waals surface area (Å²) in [5.74, 6) is 0.730. The second-order valence-corrected chi connectivity index (χ2v) is 7.71. The van der Waals surface area contributed by atoms with Gasteiger partial charge in [-0.1, -0.05) is 30.0 Å². The predicted octanol–water partition coefficient (Wildman–Crippen LogP) is 3.32. The van der Waals surface area contributed by atoms with Crippen LogP contribution < -0.4 is 5.32 Å². The Morgan fingerprint density at radius 2 is 1.72 bits per heavy atom. The molecule has 0 bridgehead atoms. The maximum atomic E-state index is 12.4. The first kappa shape index (κ1) is 20.6. The van der Waals surface area contributed by atoms with Crippen molar-refractivity contribution in [2.24, 2.45) is 0 Å². The largest absolute Gasteiger partial charge is 0.345 e. The number of carbonyl (C=O) groups is 2. The number of hydrogen-bond donors (Lipinski definition) is 1. The van der Waals surface area contributed by atoms with Gasteiger partial charge in [0.05, 0.1) is 11.4 Å². The van der Waals surface area contributed by atoms with Gasteiger partial charge in [0.15, 0.2) is 5.16 Å². The number of thioether (sulfide) groups is 1. The summed E-state index contributed by atoms with van der Waals surface area (Å²) in [7, 11) is 3.40. The van der Waals surface area contributed by atoms with E-state index in [1.165, 1.54) is 16.7 Å². The second-order valence-electron chi connectivity index (χ2n) is 6.77. The molecule has 1 aromatic heterocycles. The minimum atomic E-state index is -0.154. The minimum Gasteiger partial charge on any atom is -0.345 e. The van der Waals surface area contributed by atoms with Crippen LogP contribution in [0.25, 0.3) is 5.69 Å². The zero-order valence-corrected chi connectivity index (χ0v) is 17.7. The molecule has 0 aliphatic rings. The van der Waals surface area contributed by atoms with E-state index in [9.17, 15) is 9.59 Å². The van der Waals surface area contributed by atoms with E-state index in [2.05, 4.69) is 15.5 Å². The molecule has 2 amide bonds. The van der Waals surface area contributed by atoms with E-state index in [1.54, 1.807) is 38.4 Å². The quantitative estimate of drug-likeness (QED) is 0.632. The Balaban J connectivity index is 1.65. The van der Waals surface area contributed by atoms with Crippen LogP contribution in [0.4, 0.5) is 5.69 Å². The minimum absolute atomic E-state index is 0.0793. The van der Waals surface area contributed by atoms with Crippen molar-refractivity contribution < 1.29 is 9.59 Å². The number of para-hydroxylation sites is 1. The van der Waals surface area contributed by atoms with Crippen molar-refractivity contribution in [2.75, 3.05) is 25.2 Å². The van der Waals surface area contributed by atoms with Crippen molar-refractivity contribution in [3.05, 3.63) is 65.5 Å². The van der Waals surface area contributed by atoms with E-state index >= 15 is 0 Å². The molecule has 0 fully saturated rings. The number of hydrogen-bond acceptors (Lipinski definition) is 5. The number of nitrogens with zero attached hydrogens (tertiary/aromatic N) is 4. The van der Waals surface area contributed by atoms with Gasteiger partial charge in [0.25, 0.3) is 5.91 Å². The fourth-order valence-corrected chi connectivity index (χ4v) is 3.60. The molecule has 0 radical (unpaired) electrons. The smallest absolute Gasteiger partial charge is 0.253 e. The average Bonchev–Trinajstić information content (AvgIpc) is 3.07. The molecule has 0 spiro atoms. The third-order valence-electron chi connectivity index (χ3n) is 4.31. The Morgan fingerprint density at radius 1 is 1.03 bits per heavy atom. The van der Waals surface area contributed by atoms with Gasteiger partial charge in [-0.05, 0) is 49.7 Å². The number of amides is 2. The Labute approximate surface area is 174 Å². The van der Waals surface area contributed by atoms with Crippen LogP contribution in [-0.2, 0) is 4.79 Å². The normalized spacial score (nSPS) is 10.6. The Bertz CT molecular complexity index is 1030. The van der Waals surface area contributed by atoms with Crippen molar-refractivity contribution in [2.45, 2.75) is 19.0 Å². The van der Waals surface area contributed by atoms with E-state index < -0.39 is 0 Å². The summed E-state index contributed by atoms with van der Waals surface area (Å²) in [5.41, 5.74) is 3.32. The summed E-state index contributed by atoms with van der Waals surface area (Å²) in [6.07, 6.45) is 0. The van der Waals surface area contributed by atoms with Gasteiger partial charge in [0, 0.05) is 25.3 Å². The number of aromatic nitrogens is 3. The highest BCUT2D eigenvalue weighted by atomic mass is 32.2. The van der Waals surface area contributed by atoms with Gasteiger partial charge in [-0.25, -0.2) is 0 Å². The molecule has 0 aliphatic carbocycles. The number of anilines is 1. The van der Waals surface area contributed by atoms with E-state index in [4.69, 9.17) is 0 Å². The first-order valence-corrected chi connectivity index (χ1v) is 10.1. The number of aryl methyl sites for hydroxylation is 2. The molecule has 0 aliphatic heterocycles. The topological polar surface area (TPSA) is 80.1 Å². The van der Waals surface area contributed by atoms with Crippen LogP contribution in [0.5, 0.6) is 0 Å². The molecule has 3 rings (SSSR count). The number of rotatable bonds is 6. The van der Waals surface area contributed by atoms with Crippen LogP contribution in [0.15, 0.2) is 53.7 Å². The zero-order valence-electron chi connectivity index (χ0n) is 16.8. The molecule has 150 valence electrons. The summed E-state index contributed by atoms with van der Waals surface area (Å²) in [4.78, 5) is 25.8. The molecule has 2 aromatic carbocycles. The Kier molecular flexibility index (Phi) is 6.33. The standard InChI is InChI=1S/C21H23N5O2S/c1-14-7-5-6-8-18(14)26-15(2)23-24-21(26)29-13-19(27)22-17-11-9-16(10-12-17)20(28)25(3)4/h5-12H,13H2,1-4H3,(H,22,27). The molecule has 7 nitrogen and oxygen atoms in total. The number of nitrogens with one attached hydrogen (secondary N) is 1. The van der Waals surface area contributed by atoms with Crippen molar-refractivity contribution in [1.82, 2.24) is 19.7 Å². The van der Waals surface area contributed by atoms with Gasteiger partial charge in [0.1, 0.15) is 5.82 Å². The van der Waals surface area contributed by atoms with Gasteiger partial charge in [-0.15, -0.1) is 10.2 Å². The SMILES string of the molecule is Cc1ccccc1-n1c(C)nnc1SCC(=O)Nc1ccc(C(=O)N(C)C)cc1. The lowest BCUT2D eigenvalue weighted by Crippen LogP contribution is -2.21. The summed E-state index contributed by atoms with van der Waals surface area (Å²) < 4.78 is 1.95. The second kappa shape index (κ2) is 8.91. The highest BCUT2D eigenvalue weighted by molar-refractivity contribution is 7.99. The lowest BCUT2D eigenvalue weighted by molar-refractivity contribution is -0.113. The lowest BCUT2D eigenvalue weighted by atomic mass is 10.2. The van der Waals surface area contributed by atoms with Crippen molar-refractivity contribution in [3.8, 4) is 5.69 Å². The van der Waals surface area contributed by atoms with Crippen LogP contribution in [0.2, 0.25) is 0 Å². The van der Waals surface area contributed by atoms with Crippen molar-refractivity contribution in [3.63, 3.8) is 0 Å².